The average Bonchev–Trinajstić information content (AvgIpc) is 1.66. The van der Waals surface area contributed by atoms with Gasteiger partial charge in [-0.3, -0.25) is 19.4 Å². The summed E-state index contributed by atoms with van der Waals surface area (Å²) < 4.78 is 17.6. The number of nitrogens with zero attached hydrogens (tertiary/aromatic N) is 3. The van der Waals surface area contributed by atoms with E-state index < -0.39 is 0 Å². The van der Waals surface area contributed by atoms with Gasteiger partial charge in [0.2, 0.25) is 5.71 Å². The van der Waals surface area contributed by atoms with E-state index in [9.17, 15) is 29.7 Å². The topological polar surface area (TPSA) is 190 Å². The van der Waals surface area contributed by atoms with E-state index in [1.807, 2.05) is 192 Å². The van der Waals surface area contributed by atoms with E-state index in [1.165, 1.54) is 34.9 Å². The van der Waals surface area contributed by atoms with Crippen molar-refractivity contribution in [2.45, 2.75) is 142 Å². The molecule has 0 bridgehead atoms. The first-order valence-electron chi connectivity index (χ1n) is 34.2. The summed E-state index contributed by atoms with van der Waals surface area (Å²) in [4.78, 5) is 47.2. The first-order valence-corrected chi connectivity index (χ1v) is 34.2. The molecule has 6 aromatic heterocycles. The van der Waals surface area contributed by atoms with Crippen LogP contribution in [-0.2, 0) is 74.7 Å². The molecule has 12 aromatic rings. The van der Waals surface area contributed by atoms with Crippen molar-refractivity contribution in [2.24, 2.45) is 35.5 Å². The van der Waals surface area contributed by atoms with Crippen LogP contribution in [0.4, 0.5) is 0 Å². The van der Waals surface area contributed by atoms with Crippen LogP contribution in [0.3, 0.4) is 0 Å². The SMILES string of the molecule is CC(C)CC(=O)C=C(O)CC(C)C.CC(C)CC(=O)C=C(O)CC(C)C.CC(C)CC(=O)C=C(O)CC(C)C.Cc1cc[c-]c(-c2cc3c(cn2)oc2ccccc23)c1.Cc1cc[c-]c(-c2ccc3c(n2)oc2ccccc23)c1.Cc1cc[c-]c(-c2nccc3c2oc2ccccc23)c1.[Ir].[Ir].[Ir]. The van der Waals surface area contributed by atoms with E-state index in [1.54, 1.807) is 6.20 Å². The van der Waals surface area contributed by atoms with Crippen molar-refractivity contribution in [1.82, 2.24) is 15.0 Å². The summed E-state index contributed by atoms with van der Waals surface area (Å²) in [5, 5.41) is 34.6. The smallest absolute Gasteiger partial charge is 0.218 e. The van der Waals surface area contributed by atoms with Crippen molar-refractivity contribution in [3.8, 4) is 33.8 Å². The van der Waals surface area contributed by atoms with Gasteiger partial charge in [0.25, 0.3) is 0 Å². The number of allylic oxidation sites excluding steroid dienone is 6. The molecule has 0 aliphatic heterocycles. The van der Waals surface area contributed by atoms with Crippen molar-refractivity contribution in [1.29, 1.82) is 0 Å². The van der Waals surface area contributed by atoms with Gasteiger partial charge in [-0.05, 0) is 71.2 Å². The second-order valence-corrected chi connectivity index (χ2v) is 27.7. The Morgan fingerprint density at radius 2 is 0.775 bits per heavy atom. The van der Waals surface area contributed by atoms with Gasteiger partial charge in [0.1, 0.15) is 22.3 Å². The molecule has 12 nitrogen and oxygen atoms in total. The van der Waals surface area contributed by atoms with Gasteiger partial charge in [-0.2, -0.15) is 0 Å². The first kappa shape index (κ1) is 86.2. The number of aliphatic hydroxyl groups excluding tert-OH is 3. The van der Waals surface area contributed by atoms with Crippen LogP contribution in [0.1, 0.15) is 138 Å². The molecule has 0 spiro atoms. The molecule has 0 saturated carbocycles. The maximum atomic E-state index is 11.2. The van der Waals surface area contributed by atoms with E-state index in [0.717, 1.165) is 94.0 Å². The molecular weight excluding hydrogens is 1810 g/mol. The maximum Gasteiger partial charge on any atom is 0.218 e. The summed E-state index contributed by atoms with van der Waals surface area (Å²) in [5.41, 5.74) is 14.2. The molecule has 0 atom stereocenters. The van der Waals surface area contributed by atoms with Gasteiger partial charge in [0.05, 0.1) is 23.5 Å². The van der Waals surface area contributed by atoms with E-state index in [4.69, 9.17) is 13.3 Å². The molecule has 0 fully saturated rings. The number of hydrogen-bond donors (Lipinski definition) is 3. The number of para-hydroxylation sites is 3. The number of carbonyl (C=O) groups excluding carboxylic acids is 3. The van der Waals surface area contributed by atoms with E-state index in [2.05, 4.69) is 102 Å². The number of hydrogen-bond acceptors (Lipinski definition) is 12. The maximum absolute atomic E-state index is 11.2. The number of ketones is 3. The molecule has 0 saturated heterocycles. The second kappa shape index (κ2) is 42.4. The summed E-state index contributed by atoms with van der Waals surface area (Å²) in [6.07, 6.45) is 11.0. The number of fused-ring (bicyclic) bond motifs is 9. The third-order valence-electron chi connectivity index (χ3n) is 15.1. The molecule has 0 amide bonds. The zero-order chi connectivity index (χ0) is 71.9. The van der Waals surface area contributed by atoms with Gasteiger partial charge < -0.3 is 38.5 Å². The van der Waals surface area contributed by atoms with Crippen molar-refractivity contribution in [2.75, 3.05) is 0 Å². The van der Waals surface area contributed by atoms with Crippen LogP contribution >= 0.6 is 0 Å². The van der Waals surface area contributed by atoms with Gasteiger partial charge in [-0.25, -0.2) is 0 Å². The minimum absolute atomic E-state index is 0. The van der Waals surface area contributed by atoms with Gasteiger partial charge in [0.15, 0.2) is 22.9 Å². The second-order valence-electron chi connectivity index (χ2n) is 27.7. The van der Waals surface area contributed by atoms with E-state index >= 15 is 0 Å². The number of furan rings is 3. The molecule has 0 aliphatic carbocycles. The third kappa shape index (κ3) is 27.2. The van der Waals surface area contributed by atoms with Crippen LogP contribution in [0.25, 0.3) is 99.7 Å². The predicted octanol–water partition coefficient (Wildman–Crippen LogP) is 23.5. The normalized spacial score (nSPS) is 11.4. The molecule has 3 radical (unpaired) electrons. The van der Waals surface area contributed by atoms with Gasteiger partial charge in [0, 0.05) is 161 Å². The Bertz CT molecular complexity index is 4640. The largest absolute Gasteiger partial charge is 0.512 e. The fourth-order valence-electron chi connectivity index (χ4n) is 10.9. The average molecular weight is 1900 g/mol. The summed E-state index contributed by atoms with van der Waals surface area (Å²) in [6.45, 7) is 30.2. The van der Waals surface area contributed by atoms with E-state index in [0.29, 0.717) is 79.7 Å². The molecule has 6 heterocycles. The van der Waals surface area contributed by atoms with E-state index in [-0.39, 0.29) is 94.9 Å². The van der Waals surface area contributed by atoms with Crippen molar-refractivity contribution < 1.29 is 103 Å². The van der Waals surface area contributed by atoms with Crippen LogP contribution in [0.15, 0.2) is 213 Å². The molecule has 102 heavy (non-hydrogen) atoms. The molecule has 543 valence electrons. The first-order chi connectivity index (χ1) is 47.2. The molecular formula is C87H96Ir3N3O9-3. The molecule has 12 rings (SSSR count). The molecule has 6 aromatic carbocycles. The third-order valence-corrected chi connectivity index (χ3v) is 15.1. The minimum Gasteiger partial charge on any atom is -0.512 e. The fourth-order valence-corrected chi connectivity index (χ4v) is 10.9. The van der Waals surface area contributed by atoms with Gasteiger partial charge in [-0.1, -0.05) is 177 Å². The molecule has 3 N–H and O–H groups in total. The molecule has 0 unspecified atom stereocenters. The molecule has 0 aliphatic rings. The monoisotopic (exact) mass is 1910 g/mol. The number of carbonyl (C=O) groups is 3. The van der Waals surface area contributed by atoms with Crippen LogP contribution in [0, 0.1) is 74.5 Å². The standard InChI is InChI=1S/3C18H12NO.3C11H20O2.3Ir/c1-12-5-4-6-13(9-12)16-10-15-14-7-2-3-8-17(14)20-18(15)11-19-16;1-12-5-4-6-13(11-12)16-10-9-15-14-7-2-3-8-17(14)20-18(15)19-16;1-12-5-4-6-13(11-12)17-18-15(9-10-19-17)14-7-2-3-8-16(14)20-18;3*1-8(2)5-10(12)7-11(13)6-9(3)4;;;/h3*2-5,7-11H,1H3;3*7-9,12H,5-6H2,1-4H3;;;/q3*-1;;;;;;. The Morgan fingerprint density at radius 3 is 1.22 bits per heavy atom. The zero-order valence-corrected chi connectivity index (χ0v) is 68.3. The van der Waals surface area contributed by atoms with Crippen LogP contribution in [-0.4, -0.2) is 47.6 Å². The van der Waals surface area contributed by atoms with Crippen LogP contribution in [0.2, 0.25) is 0 Å². The predicted molar refractivity (Wildman–Crippen MR) is 405 cm³/mol. The molecule has 15 heteroatoms. The van der Waals surface area contributed by atoms with Gasteiger partial charge in [-0.15, -0.1) is 106 Å². The van der Waals surface area contributed by atoms with Crippen molar-refractivity contribution in [3.05, 3.63) is 234 Å². The number of pyridine rings is 3. The quantitative estimate of drug-likeness (QED) is 0.0419. The Labute approximate surface area is 642 Å². The number of aryl methyl sites for hydroxylation is 3. The van der Waals surface area contributed by atoms with Crippen molar-refractivity contribution in [3.63, 3.8) is 0 Å². The van der Waals surface area contributed by atoms with Crippen LogP contribution in [0.5, 0.6) is 0 Å². The minimum atomic E-state index is 0. The fraction of sp³-hybridized carbons (Fsp3) is 0.310. The Balaban J connectivity index is 0.000000262. The summed E-state index contributed by atoms with van der Waals surface area (Å²) in [7, 11) is 0. The number of rotatable bonds is 18. The summed E-state index contributed by atoms with van der Waals surface area (Å²) in [6, 6.07) is 60.1. The zero-order valence-electron chi connectivity index (χ0n) is 61.2. The number of aromatic nitrogens is 3. The number of aliphatic hydroxyl groups is 3. The Hall–Kier alpha value is -8.25. The van der Waals surface area contributed by atoms with Crippen molar-refractivity contribution >= 4 is 83.3 Å². The van der Waals surface area contributed by atoms with Gasteiger partial charge >= 0.3 is 0 Å². The Kier molecular flexibility index (Phi) is 35.8. The summed E-state index contributed by atoms with van der Waals surface area (Å²) >= 11 is 0. The Morgan fingerprint density at radius 1 is 0.392 bits per heavy atom. The summed E-state index contributed by atoms with van der Waals surface area (Å²) in [5.74, 6) is 2.94. The number of benzene rings is 6. The van der Waals surface area contributed by atoms with Crippen LogP contribution < -0.4 is 0 Å².